The SMILES string of the molecule is O=C(O)CCC[C@@H]1N=C(c2ccccn2)c2cc(Br)ccc2NC1=O. The van der Waals surface area contributed by atoms with Gasteiger partial charge in [-0.15, -0.1) is 0 Å². The minimum atomic E-state index is -0.879. The van der Waals surface area contributed by atoms with E-state index in [2.05, 4.69) is 31.2 Å². The molecule has 25 heavy (non-hydrogen) atoms. The Morgan fingerprint density at radius 2 is 2.12 bits per heavy atom. The third-order valence-electron chi connectivity index (χ3n) is 3.86. The van der Waals surface area contributed by atoms with Crippen LogP contribution in [-0.2, 0) is 9.59 Å². The van der Waals surface area contributed by atoms with Gasteiger partial charge in [0.1, 0.15) is 6.04 Å². The monoisotopic (exact) mass is 401 g/mol. The minimum Gasteiger partial charge on any atom is -0.481 e. The Balaban J connectivity index is 2.02. The molecule has 0 unspecified atom stereocenters. The second-order valence-corrected chi connectivity index (χ2v) is 6.59. The molecular weight excluding hydrogens is 386 g/mol. The molecule has 1 aromatic carbocycles. The molecule has 0 fully saturated rings. The van der Waals surface area contributed by atoms with Gasteiger partial charge in [-0.05, 0) is 43.2 Å². The molecule has 6 nitrogen and oxygen atoms in total. The van der Waals surface area contributed by atoms with Crippen LogP contribution in [0.15, 0.2) is 52.1 Å². The molecule has 3 rings (SSSR count). The molecule has 0 saturated carbocycles. The molecule has 1 aliphatic heterocycles. The number of anilines is 1. The zero-order chi connectivity index (χ0) is 17.8. The van der Waals surface area contributed by atoms with Gasteiger partial charge < -0.3 is 10.4 Å². The summed E-state index contributed by atoms with van der Waals surface area (Å²) < 4.78 is 0.869. The molecule has 7 heteroatoms. The van der Waals surface area contributed by atoms with E-state index >= 15 is 0 Å². The number of hydrogen-bond donors (Lipinski definition) is 2. The smallest absolute Gasteiger partial charge is 0.303 e. The van der Waals surface area contributed by atoms with E-state index in [9.17, 15) is 9.59 Å². The normalized spacial score (nSPS) is 16.4. The van der Waals surface area contributed by atoms with E-state index in [1.165, 1.54) is 0 Å². The van der Waals surface area contributed by atoms with Crippen LogP contribution in [0.5, 0.6) is 0 Å². The zero-order valence-electron chi connectivity index (χ0n) is 13.3. The van der Waals surface area contributed by atoms with Gasteiger partial charge in [0, 0.05) is 22.7 Å². The van der Waals surface area contributed by atoms with Crippen molar-refractivity contribution in [2.75, 3.05) is 5.32 Å². The third-order valence-corrected chi connectivity index (χ3v) is 4.35. The van der Waals surface area contributed by atoms with E-state index in [1.807, 2.05) is 36.4 Å². The quantitative estimate of drug-likeness (QED) is 0.803. The fourth-order valence-electron chi connectivity index (χ4n) is 2.67. The van der Waals surface area contributed by atoms with Crippen LogP contribution in [0.2, 0.25) is 0 Å². The highest BCUT2D eigenvalue weighted by Gasteiger charge is 2.26. The first-order valence-corrected chi connectivity index (χ1v) is 8.65. The molecule has 1 aliphatic rings. The predicted octanol–water partition coefficient (Wildman–Crippen LogP) is 3.26. The number of fused-ring (bicyclic) bond motifs is 1. The largest absolute Gasteiger partial charge is 0.481 e. The Bertz CT molecular complexity index is 837. The summed E-state index contributed by atoms with van der Waals surface area (Å²) in [6.07, 6.45) is 2.43. The Kier molecular flexibility index (Phi) is 5.23. The molecule has 128 valence electrons. The molecule has 2 heterocycles. The Morgan fingerprint density at radius 3 is 2.84 bits per heavy atom. The number of carbonyl (C=O) groups is 2. The first-order valence-electron chi connectivity index (χ1n) is 7.86. The van der Waals surface area contributed by atoms with Crippen LogP contribution in [-0.4, -0.2) is 33.7 Å². The fraction of sp³-hybridized carbons (Fsp3) is 0.222. The summed E-state index contributed by atoms with van der Waals surface area (Å²) in [7, 11) is 0. The lowest BCUT2D eigenvalue weighted by atomic mass is 10.0. The van der Waals surface area contributed by atoms with E-state index in [-0.39, 0.29) is 12.3 Å². The lowest BCUT2D eigenvalue weighted by Crippen LogP contribution is -2.25. The van der Waals surface area contributed by atoms with Gasteiger partial charge >= 0.3 is 5.97 Å². The number of nitrogens with one attached hydrogen (secondary N) is 1. The van der Waals surface area contributed by atoms with Gasteiger partial charge in [-0.2, -0.15) is 0 Å². The Labute approximate surface area is 153 Å². The second-order valence-electron chi connectivity index (χ2n) is 5.67. The third kappa shape index (κ3) is 4.11. The van der Waals surface area contributed by atoms with E-state index in [4.69, 9.17) is 5.11 Å². The number of halogens is 1. The number of amides is 1. The summed E-state index contributed by atoms with van der Waals surface area (Å²) in [5.74, 6) is -1.12. The van der Waals surface area contributed by atoms with Crippen LogP contribution in [0, 0.1) is 0 Å². The van der Waals surface area contributed by atoms with Gasteiger partial charge in [0.05, 0.1) is 17.1 Å². The van der Waals surface area contributed by atoms with Gasteiger partial charge in [-0.25, -0.2) is 0 Å². The topological polar surface area (TPSA) is 91.7 Å². The number of carboxylic acids is 1. The van der Waals surface area contributed by atoms with Crippen LogP contribution in [0.4, 0.5) is 5.69 Å². The van der Waals surface area contributed by atoms with Crippen molar-refractivity contribution in [1.82, 2.24) is 4.98 Å². The number of carboxylic acid groups (broad SMARTS) is 1. The summed E-state index contributed by atoms with van der Waals surface area (Å²) >= 11 is 3.45. The highest BCUT2D eigenvalue weighted by Crippen LogP contribution is 2.27. The molecule has 2 N–H and O–H groups in total. The van der Waals surface area contributed by atoms with E-state index in [1.54, 1.807) is 6.20 Å². The Hall–Kier alpha value is -2.54. The summed E-state index contributed by atoms with van der Waals surface area (Å²) in [6.45, 7) is 0. The summed E-state index contributed by atoms with van der Waals surface area (Å²) in [5.41, 5.74) is 2.73. The van der Waals surface area contributed by atoms with Crippen LogP contribution in [0.25, 0.3) is 0 Å². The Morgan fingerprint density at radius 1 is 1.28 bits per heavy atom. The number of aliphatic imine (C=N–C) groups is 1. The van der Waals surface area contributed by atoms with Crippen molar-refractivity contribution in [1.29, 1.82) is 0 Å². The lowest BCUT2D eigenvalue weighted by molar-refractivity contribution is -0.137. The van der Waals surface area contributed by atoms with Crippen LogP contribution in [0.1, 0.15) is 30.5 Å². The number of hydrogen-bond acceptors (Lipinski definition) is 4. The van der Waals surface area contributed by atoms with Crippen molar-refractivity contribution in [3.8, 4) is 0 Å². The number of aliphatic carboxylic acids is 1. The number of rotatable bonds is 5. The maximum atomic E-state index is 12.5. The van der Waals surface area contributed by atoms with E-state index < -0.39 is 12.0 Å². The summed E-state index contributed by atoms with van der Waals surface area (Å²) in [4.78, 5) is 32.3. The standard InChI is InChI=1S/C18H16BrN3O3/c19-11-7-8-13-12(10-11)17(14-4-1-2-9-20-14)21-15(18(25)22-13)5-3-6-16(23)24/h1-2,4,7-10,15H,3,5-6H2,(H,22,25)(H,23,24)/t15-/m0/s1. The van der Waals surface area contributed by atoms with E-state index in [0.717, 1.165) is 10.0 Å². The molecule has 1 amide bonds. The highest BCUT2D eigenvalue weighted by molar-refractivity contribution is 9.10. The number of aromatic nitrogens is 1. The first-order chi connectivity index (χ1) is 12.0. The molecule has 0 bridgehead atoms. The van der Waals surface area contributed by atoms with Crippen molar-refractivity contribution in [3.63, 3.8) is 0 Å². The number of nitrogens with zero attached hydrogens (tertiary/aromatic N) is 2. The molecule has 0 radical (unpaired) electrons. The molecule has 0 aliphatic carbocycles. The highest BCUT2D eigenvalue weighted by atomic mass is 79.9. The van der Waals surface area contributed by atoms with Crippen LogP contribution >= 0.6 is 15.9 Å². The van der Waals surface area contributed by atoms with Crippen LogP contribution < -0.4 is 5.32 Å². The summed E-state index contributed by atoms with van der Waals surface area (Å²) in [5, 5.41) is 11.7. The van der Waals surface area contributed by atoms with Gasteiger partial charge in [-0.1, -0.05) is 22.0 Å². The van der Waals surface area contributed by atoms with Gasteiger partial charge in [-0.3, -0.25) is 19.6 Å². The number of benzene rings is 1. The molecule has 1 atom stereocenters. The van der Waals surface area contributed by atoms with Gasteiger partial charge in [0.2, 0.25) is 5.91 Å². The summed E-state index contributed by atoms with van der Waals surface area (Å²) in [6, 6.07) is 10.4. The molecule has 2 aromatic rings. The maximum Gasteiger partial charge on any atom is 0.303 e. The van der Waals surface area contributed by atoms with Crippen molar-refractivity contribution < 1.29 is 14.7 Å². The predicted molar refractivity (Wildman–Crippen MR) is 97.9 cm³/mol. The lowest BCUT2D eigenvalue weighted by Gasteiger charge is -2.10. The maximum absolute atomic E-state index is 12.5. The number of pyridine rings is 1. The molecular formula is C18H16BrN3O3. The first kappa shape index (κ1) is 17.3. The molecule has 0 spiro atoms. The minimum absolute atomic E-state index is 0.0106. The van der Waals surface area contributed by atoms with E-state index in [0.29, 0.717) is 29.9 Å². The molecule has 0 saturated heterocycles. The van der Waals surface area contributed by atoms with Crippen molar-refractivity contribution in [2.45, 2.75) is 25.3 Å². The average molecular weight is 402 g/mol. The zero-order valence-corrected chi connectivity index (χ0v) is 14.9. The van der Waals surface area contributed by atoms with Gasteiger partial charge in [0.15, 0.2) is 0 Å². The molecule has 1 aromatic heterocycles. The van der Waals surface area contributed by atoms with Crippen molar-refractivity contribution in [2.24, 2.45) is 4.99 Å². The van der Waals surface area contributed by atoms with Crippen molar-refractivity contribution in [3.05, 3.63) is 58.3 Å². The van der Waals surface area contributed by atoms with Crippen LogP contribution in [0.3, 0.4) is 0 Å². The number of benzodiazepines with no additional fused rings is 1. The number of carbonyl (C=O) groups excluding carboxylic acids is 1. The average Bonchev–Trinajstić information content (AvgIpc) is 2.72. The second kappa shape index (κ2) is 7.57. The fourth-order valence-corrected chi connectivity index (χ4v) is 3.03. The van der Waals surface area contributed by atoms with Gasteiger partial charge in [0.25, 0.3) is 0 Å². The van der Waals surface area contributed by atoms with Crippen molar-refractivity contribution >= 4 is 39.2 Å².